The van der Waals surface area contributed by atoms with Crippen LogP contribution in [0.1, 0.15) is 25.1 Å². The van der Waals surface area contributed by atoms with E-state index in [1.165, 1.54) is 0 Å². The highest BCUT2D eigenvalue weighted by molar-refractivity contribution is 9.10. The molecule has 2 nitrogen and oxygen atoms in total. The molecule has 2 rings (SSSR count). The molecule has 0 fully saturated rings. The van der Waals surface area contributed by atoms with Crippen molar-refractivity contribution >= 4 is 38.4 Å². The van der Waals surface area contributed by atoms with Gasteiger partial charge >= 0.3 is 0 Å². The molecule has 0 bridgehead atoms. The van der Waals surface area contributed by atoms with Crippen LogP contribution in [0.3, 0.4) is 0 Å². The van der Waals surface area contributed by atoms with Gasteiger partial charge in [0.2, 0.25) is 0 Å². The number of fused-ring (bicyclic) bond motifs is 1. The molecule has 0 saturated carbocycles. The van der Waals surface area contributed by atoms with Crippen LogP contribution in [0, 0.1) is 0 Å². The molecule has 1 aromatic carbocycles. The summed E-state index contributed by atoms with van der Waals surface area (Å²) in [5.74, 6) is 0. The zero-order valence-corrected chi connectivity index (χ0v) is 11.1. The molecule has 1 heterocycles. The Morgan fingerprint density at radius 1 is 1.44 bits per heavy atom. The van der Waals surface area contributed by atoms with Crippen LogP contribution in [-0.2, 0) is 0 Å². The molecule has 2 aromatic rings. The molecular weight excluding hydrogens is 289 g/mol. The number of halogens is 2. The maximum Gasteiger partial charge on any atom is 0.0958 e. The van der Waals surface area contributed by atoms with E-state index in [4.69, 9.17) is 11.6 Å². The minimum absolute atomic E-state index is 0.555. The molecule has 0 saturated heterocycles. The van der Waals surface area contributed by atoms with E-state index in [0.717, 1.165) is 15.4 Å². The Bertz CT molecular complexity index is 530. The Morgan fingerprint density at radius 3 is 2.88 bits per heavy atom. The standard InChI is InChI=1S/C12H11BrClNO/c1-2-12(16)11-6-9(14)8-4-3-7(13)5-10(8)15-11/h3-6,12,16H,2H2,1H3. The monoisotopic (exact) mass is 299 g/mol. The highest BCUT2D eigenvalue weighted by Crippen LogP contribution is 2.28. The van der Waals surface area contributed by atoms with Gasteiger partial charge in [-0.3, -0.25) is 0 Å². The summed E-state index contributed by atoms with van der Waals surface area (Å²) in [6.45, 7) is 1.91. The summed E-state index contributed by atoms with van der Waals surface area (Å²) in [4.78, 5) is 4.40. The van der Waals surface area contributed by atoms with Crippen molar-refractivity contribution in [2.75, 3.05) is 0 Å². The van der Waals surface area contributed by atoms with Gasteiger partial charge in [0.05, 0.1) is 22.3 Å². The summed E-state index contributed by atoms with van der Waals surface area (Å²) < 4.78 is 0.951. The largest absolute Gasteiger partial charge is 0.387 e. The Balaban J connectivity index is 2.65. The number of pyridine rings is 1. The van der Waals surface area contributed by atoms with E-state index >= 15 is 0 Å². The molecule has 0 spiro atoms. The number of hydrogen-bond donors (Lipinski definition) is 1. The molecule has 16 heavy (non-hydrogen) atoms. The summed E-state index contributed by atoms with van der Waals surface area (Å²) in [7, 11) is 0. The first-order valence-corrected chi connectivity index (χ1v) is 6.22. The van der Waals surface area contributed by atoms with Crippen molar-refractivity contribution in [3.05, 3.63) is 39.5 Å². The first-order chi connectivity index (χ1) is 7.61. The normalized spacial score (nSPS) is 13.0. The predicted molar refractivity (Wildman–Crippen MR) is 69.7 cm³/mol. The summed E-state index contributed by atoms with van der Waals surface area (Å²) in [6.07, 6.45) is 0.0731. The van der Waals surface area contributed by atoms with Gasteiger partial charge in [0.1, 0.15) is 0 Å². The van der Waals surface area contributed by atoms with Gasteiger partial charge in [0, 0.05) is 9.86 Å². The lowest BCUT2D eigenvalue weighted by Gasteiger charge is -2.09. The molecule has 0 amide bonds. The molecule has 0 aliphatic rings. The van der Waals surface area contributed by atoms with Crippen LogP contribution in [0.25, 0.3) is 10.9 Å². The first kappa shape index (κ1) is 11.8. The predicted octanol–water partition coefficient (Wildman–Crippen LogP) is 4.09. The van der Waals surface area contributed by atoms with Crippen molar-refractivity contribution in [3.8, 4) is 0 Å². The summed E-state index contributed by atoms with van der Waals surface area (Å²) in [5, 5.41) is 11.3. The summed E-state index contributed by atoms with van der Waals surface area (Å²) in [5.41, 5.74) is 1.42. The quantitative estimate of drug-likeness (QED) is 0.906. The van der Waals surface area contributed by atoms with Gasteiger partial charge in [0.25, 0.3) is 0 Å². The van der Waals surface area contributed by atoms with E-state index in [0.29, 0.717) is 17.1 Å². The van der Waals surface area contributed by atoms with Crippen LogP contribution in [0.15, 0.2) is 28.7 Å². The molecular formula is C12H11BrClNO. The molecule has 0 aliphatic heterocycles. The zero-order valence-electron chi connectivity index (χ0n) is 8.74. The third kappa shape index (κ3) is 2.21. The molecule has 0 aliphatic carbocycles. The van der Waals surface area contributed by atoms with Gasteiger partial charge in [-0.1, -0.05) is 40.5 Å². The minimum Gasteiger partial charge on any atom is -0.387 e. The Hall–Kier alpha value is -0.640. The maximum atomic E-state index is 9.75. The first-order valence-electron chi connectivity index (χ1n) is 5.05. The Labute approximate surface area is 107 Å². The van der Waals surface area contributed by atoms with E-state index in [2.05, 4.69) is 20.9 Å². The smallest absolute Gasteiger partial charge is 0.0958 e. The number of aliphatic hydroxyl groups excluding tert-OH is 1. The molecule has 84 valence electrons. The van der Waals surface area contributed by atoms with Crippen molar-refractivity contribution in [3.63, 3.8) is 0 Å². The second-order valence-electron chi connectivity index (χ2n) is 3.61. The van der Waals surface area contributed by atoms with E-state index < -0.39 is 6.10 Å². The van der Waals surface area contributed by atoms with Gasteiger partial charge in [-0.25, -0.2) is 4.98 Å². The van der Waals surface area contributed by atoms with Crippen molar-refractivity contribution in [2.45, 2.75) is 19.4 Å². The lowest BCUT2D eigenvalue weighted by atomic mass is 10.1. The molecule has 1 atom stereocenters. The number of aliphatic hydroxyl groups is 1. The lowest BCUT2D eigenvalue weighted by molar-refractivity contribution is 0.169. The van der Waals surface area contributed by atoms with Crippen LogP contribution < -0.4 is 0 Å². The van der Waals surface area contributed by atoms with Crippen LogP contribution in [0.5, 0.6) is 0 Å². The lowest BCUT2D eigenvalue weighted by Crippen LogP contribution is -1.99. The van der Waals surface area contributed by atoms with Crippen LogP contribution in [0.4, 0.5) is 0 Å². The van der Waals surface area contributed by atoms with Crippen molar-refractivity contribution in [1.29, 1.82) is 0 Å². The summed E-state index contributed by atoms with van der Waals surface area (Å²) >= 11 is 9.54. The molecule has 4 heteroatoms. The topological polar surface area (TPSA) is 33.1 Å². The van der Waals surface area contributed by atoms with Gasteiger partial charge in [-0.2, -0.15) is 0 Å². The number of rotatable bonds is 2. The maximum absolute atomic E-state index is 9.75. The number of benzene rings is 1. The average molecular weight is 301 g/mol. The fraction of sp³-hybridized carbons (Fsp3) is 0.250. The SMILES string of the molecule is CCC(O)c1cc(Cl)c2ccc(Br)cc2n1. The molecule has 0 radical (unpaired) electrons. The van der Waals surface area contributed by atoms with Crippen LogP contribution in [0.2, 0.25) is 5.02 Å². The fourth-order valence-corrected chi connectivity index (χ4v) is 2.18. The van der Waals surface area contributed by atoms with Gasteiger partial charge in [0.15, 0.2) is 0 Å². The average Bonchev–Trinajstić information content (AvgIpc) is 2.27. The highest BCUT2D eigenvalue weighted by Gasteiger charge is 2.10. The second kappa shape index (κ2) is 4.70. The minimum atomic E-state index is -0.555. The second-order valence-corrected chi connectivity index (χ2v) is 4.94. The van der Waals surface area contributed by atoms with Crippen LogP contribution >= 0.6 is 27.5 Å². The van der Waals surface area contributed by atoms with Crippen LogP contribution in [-0.4, -0.2) is 10.1 Å². The highest BCUT2D eigenvalue weighted by atomic mass is 79.9. The van der Waals surface area contributed by atoms with Gasteiger partial charge < -0.3 is 5.11 Å². The van der Waals surface area contributed by atoms with E-state index in [-0.39, 0.29) is 0 Å². The fourth-order valence-electron chi connectivity index (χ4n) is 1.56. The van der Waals surface area contributed by atoms with E-state index in [9.17, 15) is 5.11 Å². The Kier molecular flexibility index (Phi) is 3.47. The molecule has 1 unspecified atom stereocenters. The summed E-state index contributed by atoms with van der Waals surface area (Å²) in [6, 6.07) is 7.46. The molecule has 1 aromatic heterocycles. The van der Waals surface area contributed by atoms with Crippen molar-refractivity contribution in [2.24, 2.45) is 0 Å². The third-order valence-electron chi connectivity index (χ3n) is 2.47. The number of nitrogens with zero attached hydrogens (tertiary/aromatic N) is 1. The molecule has 1 N–H and O–H groups in total. The van der Waals surface area contributed by atoms with Gasteiger partial charge in [-0.15, -0.1) is 0 Å². The zero-order chi connectivity index (χ0) is 11.7. The van der Waals surface area contributed by atoms with Gasteiger partial charge in [-0.05, 0) is 24.6 Å². The third-order valence-corrected chi connectivity index (χ3v) is 3.28. The Morgan fingerprint density at radius 2 is 2.19 bits per heavy atom. The van der Waals surface area contributed by atoms with E-state index in [1.54, 1.807) is 6.07 Å². The van der Waals surface area contributed by atoms with E-state index in [1.807, 2.05) is 25.1 Å². The van der Waals surface area contributed by atoms with Crippen molar-refractivity contribution in [1.82, 2.24) is 4.98 Å². The number of hydrogen-bond acceptors (Lipinski definition) is 2. The van der Waals surface area contributed by atoms with Crippen molar-refractivity contribution < 1.29 is 5.11 Å². The number of aromatic nitrogens is 1.